The van der Waals surface area contributed by atoms with Gasteiger partial charge in [-0.05, 0) is 66.8 Å². The number of aryl methyl sites for hydroxylation is 2. The zero-order valence-corrected chi connectivity index (χ0v) is 16.1. The minimum atomic E-state index is -0.755. The number of nitrogens with two attached hydrogens (primary N) is 1. The minimum Gasteiger partial charge on any atom is -0.465 e. The summed E-state index contributed by atoms with van der Waals surface area (Å²) in [7, 11) is 1.22. The second-order valence-electron chi connectivity index (χ2n) is 5.64. The highest BCUT2D eigenvalue weighted by Gasteiger charge is 2.23. The van der Waals surface area contributed by atoms with E-state index in [4.69, 9.17) is 10.5 Å². The fourth-order valence-corrected chi connectivity index (χ4v) is 3.32. The smallest absolute Gasteiger partial charge is 0.345 e. The molecule has 25 heavy (non-hydrogen) atoms. The summed E-state index contributed by atoms with van der Waals surface area (Å²) < 4.78 is 7.18. The Labute approximate surface area is 157 Å². The molecule has 0 aliphatic heterocycles. The molecule has 2 aromatic heterocycles. The monoisotopic (exact) mass is 449 g/mol. The number of anilines is 1. The van der Waals surface area contributed by atoms with Gasteiger partial charge in [-0.15, -0.1) is 0 Å². The van der Waals surface area contributed by atoms with Crippen LogP contribution in [0.4, 0.5) is 5.69 Å². The highest BCUT2D eigenvalue weighted by Crippen LogP contribution is 2.27. The zero-order chi connectivity index (χ0) is 18.3. The SMILES string of the molecule is COC(=O)c1c(N)c2ccc(I)cc2n(-c2ccc(C)nc2C)c1=O. The topological polar surface area (TPSA) is 87.2 Å². The molecule has 6 nitrogen and oxygen atoms in total. The summed E-state index contributed by atoms with van der Waals surface area (Å²) in [6, 6.07) is 9.16. The number of carbonyl (C=O) groups excluding carboxylic acids is 1. The highest BCUT2D eigenvalue weighted by atomic mass is 127. The van der Waals surface area contributed by atoms with E-state index in [1.807, 2.05) is 38.1 Å². The van der Waals surface area contributed by atoms with E-state index >= 15 is 0 Å². The third kappa shape index (κ3) is 2.88. The van der Waals surface area contributed by atoms with E-state index in [0.29, 0.717) is 22.3 Å². The molecule has 0 unspecified atom stereocenters. The normalized spacial score (nSPS) is 10.9. The average Bonchev–Trinajstić information content (AvgIpc) is 2.56. The number of ether oxygens (including phenoxy) is 1. The molecule has 0 saturated heterocycles. The first-order valence-corrected chi connectivity index (χ1v) is 8.59. The van der Waals surface area contributed by atoms with E-state index in [-0.39, 0.29) is 11.3 Å². The van der Waals surface area contributed by atoms with Crippen LogP contribution >= 0.6 is 22.6 Å². The summed E-state index contributed by atoms with van der Waals surface area (Å²) in [5.74, 6) is -0.755. The Bertz CT molecular complexity index is 1070. The van der Waals surface area contributed by atoms with Gasteiger partial charge in [0.2, 0.25) is 0 Å². The maximum atomic E-state index is 13.1. The number of methoxy groups -OCH3 is 1. The molecule has 2 heterocycles. The summed E-state index contributed by atoms with van der Waals surface area (Å²) >= 11 is 2.17. The Kier molecular flexibility index (Phi) is 4.51. The third-order valence-electron chi connectivity index (χ3n) is 4.00. The van der Waals surface area contributed by atoms with Crippen molar-refractivity contribution in [3.63, 3.8) is 0 Å². The van der Waals surface area contributed by atoms with Crippen LogP contribution in [0.5, 0.6) is 0 Å². The van der Waals surface area contributed by atoms with Gasteiger partial charge < -0.3 is 10.5 Å². The lowest BCUT2D eigenvalue weighted by Gasteiger charge is -2.16. The zero-order valence-electron chi connectivity index (χ0n) is 14.0. The highest BCUT2D eigenvalue weighted by molar-refractivity contribution is 14.1. The fraction of sp³-hybridized carbons (Fsp3) is 0.167. The molecule has 0 aliphatic carbocycles. The molecular weight excluding hydrogens is 433 g/mol. The van der Waals surface area contributed by atoms with Crippen LogP contribution in [0.25, 0.3) is 16.6 Å². The summed E-state index contributed by atoms with van der Waals surface area (Å²) in [6.07, 6.45) is 0. The molecule has 0 aliphatic rings. The lowest BCUT2D eigenvalue weighted by Crippen LogP contribution is -2.28. The standard InChI is InChI=1S/C18H16IN3O3/c1-9-4-7-13(10(2)21-9)22-14-8-11(19)5-6-12(14)16(20)15(17(22)23)18(24)25-3/h4-8H,20H2,1-3H3. The van der Waals surface area contributed by atoms with Crippen LogP contribution in [0.1, 0.15) is 21.7 Å². The summed E-state index contributed by atoms with van der Waals surface area (Å²) in [4.78, 5) is 29.7. The minimum absolute atomic E-state index is 0.122. The Balaban J connectivity index is 2.54. The Hall–Kier alpha value is -2.42. The van der Waals surface area contributed by atoms with Gasteiger partial charge in [0.15, 0.2) is 0 Å². The second kappa shape index (κ2) is 6.47. The number of rotatable bonds is 2. The van der Waals surface area contributed by atoms with Crippen molar-refractivity contribution >= 4 is 45.2 Å². The molecule has 7 heteroatoms. The number of aromatic nitrogens is 2. The molecule has 0 spiro atoms. The van der Waals surface area contributed by atoms with Gasteiger partial charge in [0.1, 0.15) is 5.56 Å². The van der Waals surface area contributed by atoms with E-state index in [9.17, 15) is 9.59 Å². The van der Waals surface area contributed by atoms with Gasteiger partial charge in [0.05, 0.1) is 29.7 Å². The number of hydrogen-bond donors (Lipinski definition) is 1. The van der Waals surface area contributed by atoms with Gasteiger partial charge in [-0.25, -0.2) is 4.79 Å². The predicted octanol–water partition coefficient (Wildman–Crippen LogP) is 2.98. The summed E-state index contributed by atoms with van der Waals surface area (Å²) in [6.45, 7) is 3.70. The molecule has 0 amide bonds. The van der Waals surface area contributed by atoms with Crippen molar-refractivity contribution in [1.82, 2.24) is 9.55 Å². The van der Waals surface area contributed by atoms with E-state index < -0.39 is 11.5 Å². The number of nitrogen functional groups attached to an aromatic ring is 1. The van der Waals surface area contributed by atoms with Crippen molar-refractivity contribution in [3.8, 4) is 5.69 Å². The van der Waals surface area contributed by atoms with Gasteiger partial charge >= 0.3 is 5.97 Å². The van der Waals surface area contributed by atoms with Crippen molar-refractivity contribution in [1.29, 1.82) is 0 Å². The predicted molar refractivity (Wildman–Crippen MR) is 105 cm³/mol. The first-order chi connectivity index (χ1) is 11.8. The largest absolute Gasteiger partial charge is 0.465 e. The lowest BCUT2D eigenvalue weighted by atomic mass is 10.1. The van der Waals surface area contributed by atoms with Crippen LogP contribution in [0.3, 0.4) is 0 Å². The molecule has 0 atom stereocenters. The molecule has 3 rings (SSSR count). The fourth-order valence-electron chi connectivity index (χ4n) is 2.84. The van der Waals surface area contributed by atoms with Crippen LogP contribution in [0.2, 0.25) is 0 Å². The first-order valence-electron chi connectivity index (χ1n) is 7.52. The van der Waals surface area contributed by atoms with Crippen LogP contribution in [0, 0.1) is 17.4 Å². The number of fused-ring (bicyclic) bond motifs is 1. The quantitative estimate of drug-likeness (QED) is 0.480. The Morgan fingerprint density at radius 2 is 1.96 bits per heavy atom. The van der Waals surface area contributed by atoms with E-state index in [1.165, 1.54) is 11.7 Å². The van der Waals surface area contributed by atoms with E-state index in [2.05, 4.69) is 27.6 Å². The van der Waals surface area contributed by atoms with Crippen molar-refractivity contribution in [2.45, 2.75) is 13.8 Å². The number of carbonyl (C=O) groups is 1. The summed E-state index contributed by atoms with van der Waals surface area (Å²) in [5, 5.41) is 0.611. The second-order valence-corrected chi connectivity index (χ2v) is 6.89. The molecule has 1 aromatic carbocycles. The van der Waals surface area contributed by atoms with Crippen LogP contribution < -0.4 is 11.3 Å². The van der Waals surface area contributed by atoms with Gasteiger partial charge in [0, 0.05) is 14.7 Å². The van der Waals surface area contributed by atoms with Gasteiger partial charge in [-0.1, -0.05) is 0 Å². The molecular formula is C18H16IN3O3. The Morgan fingerprint density at radius 1 is 1.24 bits per heavy atom. The van der Waals surface area contributed by atoms with Gasteiger partial charge in [-0.2, -0.15) is 0 Å². The number of halogens is 1. The molecule has 3 aromatic rings. The third-order valence-corrected chi connectivity index (χ3v) is 4.68. The van der Waals surface area contributed by atoms with E-state index in [0.717, 1.165) is 9.26 Å². The molecule has 0 fully saturated rings. The Morgan fingerprint density at radius 3 is 2.60 bits per heavy atom. The maximum Gasteiger partial charge on any atom is 0.345 e. The average molecular weight is 449 g/mol. The van der Waals surface area contributed by atoms with E-state index in [1.54, 1.807) is 6.07 Å². The first kappa shape index (κ1) is 17.4. The number of nitrogens with zero attached hydrogens (tertiary/aromatic N) is 2. The van der Waals surface area contributed by atoms with Gasteiger partial charge in [0.25, 0.3) is 5.56 Å². The van der Waals surface area contributed by atoms with Crippen molar-refractivity contribution < 1.29 is 9.53 Å². The number of esters is 1. The van der Waals surface area contributed by atoms with Crippen LogP contribution in [-0.2, 0) is 4.74 Å². The van der Waals surface area contributed by atoms with Crippen molar-refractivity contribution in [2.75, 3.05) is 12.8 Å². The number of hydrogen-bond acceptors (Lipinski definition) is 5. The molecule has 128 valence electrons. The lowest BCUT2D eigenvalue weighted by molar-refractivity contribution is 0.0600. The molecule has 2 N–H and O–H groups in total. The molecule has 0 radical (unpaired) electrons. The summed E-state index contributed by atoms with van der Waals surface area (Å²) in [5.41, 5.74) is 8.31. The van der Waals surface area contributed by atoms with Crippen molar-refractivity contribution in [3.05, 3.63) is 61.2 Å². The maximum absolute atomic E-state index is 13.1. The molecule has 0 saturated carbocycles. The van der Waals surface area contributed by atoms with Gasteiger partial charge in [-0.3, -0.25) is 14.3 Å². The van der Waals surface area contributed by atoms with Crippen LogP contribution in [-0.4, -0.2) is 22.6 Å². The molecule has 0 bridgehead atoms. The number of benzene rings is 1. The van der Waals surface area contributed by atoms with Crippen molar-refractivity contribution in [2.24, 2.45) is 0 Å². The number of pyridine rings is 2. The van der Waals surface area contributed by atoms with Crippen LogP contribution in [0.15, 0.2) is 35.1 Å².